The summed E-state index contributed by atoms with van der Waals surface area (Å²) in [6, 6.07) is 12.2. The second-order valence-corrected chi connectivity index (χ2v) is 10.7. The van der Waals surface area contributed by atoms with E-state index < -0.39 is 5.97 Å². The maximum atomic E-state index is 10.9. The molecule has 2 aliphatic heterocycles. The van der Waals surface area contributed by atoms with Crippen molar-refractivity contribution in [1.29, 1.82) is 0 Å². The molecule has 0 amide bonds. The summed E-state index contributed by atoms with van der Waals surface area (Å²) < 4.78 is 0. The van der Waals surface area contributed by atoms with Gasteiger partial charge in [-0.1, -0.05) is 53.0 Å². The van der Waals surface area contributed by atoms with Crippen LogP contribution in [-0.2, 0) is 4.79 Å². The topological polar surface area (TPSA) is 55.8 Å². The van der Waals surface area contributed by atoms with Crippen LogP contribution in [0.25, 0.3) is 5.57 Å². The molecule has 1 fully saturated rings. The van der Waals surface area contributed by atoms with Crippen LogP contribution in [-0.4, -0.2) is 59.6 Å². The van der Waals surface area contributed by atoms with Crippen molar-refractivity contribution >= 4 is 52.0 Å². The van der Waals surface area contributed by atoms with Gasteiger partial charge in [-0.05, 0) is 73.7 Å². The van der Waals surface area contributed by atoms with E-state index in [1.807, 2.05) is 18.2 Å². The molecule has 35 heavy (non-hydrogen) atoms. The molecule has 2 aromatic rings. The van der Waals surface area contributed by atoms with E-state index in [0.29, 0.717) is 27.7 Å². The molecule has 2 heterocycles. The number of carboxylic acids is 1. The largest absolute Gasteiger partial charge is 0.481 e. The van der Waals surface area contributed by atoms with E-state index in [1.165, 1.54) is 17.6 Å². The Balaban J connectivity index is 1.40. The average molecular weight is 537 g/mol. The van der Waals surface area contributed by atoms with Crippen molar-refractivity contribution < 1.29 is 9.90 Å². The van der Waals surface area contributed by atoms with Gasteiger partial charge in [-0.15, -0.1) is 0 Å². The van der Waals surface area contributed by atoms with Gasteiger partial charge in [0.2, 0.25) is 0 Å². The number of nitrogens with zero attached hydrogens (tertiary/aromatic N) is 2. The molecule has 2 aliphatic rings. The van der Waals surface area contributed by atoms with Crippen LogP contribution < -0.4 is 5.32 Å². The first-order valence-corrected chi connectivity index (χ1v) is 13.3. The van der Waals surface area contributed by atoms with E-state index in [9.17, 15) is 4.79 Å². The van der Waals surface area contributed by atoms with Crippen LogP contribution in [0.5, 0.6) is 0 Å². The van der Waals surface area contributed by atoms with Gasteiger partial charge in [0.1, 0.15) is 0 Å². The number of carboxylic acid groups (broad SMARTS) is 1. The van der Waals surface area contributed by atoms with Gasteiger partial charge in [0.15, 0.2) is 0 Å². The first kappa shape index (κ1) is 26.3. The molecule has 5 nitrogen and oxygen atoms in total. The second kappa shape index (κ2) is 12.0. The van der Waals surface area contributed by atoms with E-state index in [2.05, 4.69) is 40.2 Å². The molecule has 0 spiro atoms. The number of hydrogen-bond acceptors (Lipinski definition) is 4. The fourth-order valence-electron chi connectivity index (χ4n) is 5.06. The Kier molecular flexibility index (Phi) is 9.01. The van der Waals surface area contributed by atoms with Crippen molar-refractivity contribution in [2.45, 2.75) is 44.7 Å². The van der Waals surface area contributed by atoms with Crippen LogP contribution in [0.15, 0.2) is 42.5 Å². The summed E-state index contributed by atoms with van der Waals surface area (Å²) in [5.74, 6) is -0.722. The van der Waals surface area contributed by atoms with Crippen LogP contribution in [0.1, 0.15) is 49.8 Å². The zero-order valence-corrected chi connectivity index (χ0v) is 22.2. The van der Waals surface area contributed by atoms with Crippen LogP contribution in [0.3, 0.4) is 0 Å². The molecule has 2 atom stereocenters. The quantitative estimate of drug-likeness (QED) is 0.386. The number of carbonyl (C=O) groups is 1. The standard InChI is InChI=1S/C27H32Cl3N3O2/c1-18(23-6-5-21(28)16-25(23)30)31-26-15-20(4-7-24(26)29)19-8-13-33(14-9-19)22-3-2-11-32(17-22)12-10-27(34)35/h4-8,15-16,18,22,31H,2-3,9-14,17H2,1H3,(H,34,35)/t18-,22+/m1/s1. The van der Waals surface area contributed by atoms with Gasteiger partial charge >= 0.3 is 5.97 Å². The maximum Gasteiger partial charge on any atom is 0.304 e. The molecule has 8 heteroatoms. The van der Waals surface area contributed by atoms with Crippen molar-refractivity contribution in [2.24, 2.45) is 0 Å². The van der Waals surface area contributed by atoms with Gasteiger partial charge in [0, 0.05) is 42.3 Å². The highest BCUT2D eigenvalue weighted by Gasteiger charge is 2.27. The number of halogens is 3. The third-order valence-corrected chi connectivity index (χ3v) is 7.91. The molecule has 0 aromatic heterocycles. The highest BCUT2D eigenvalue weighted by molar-refractivity contribution is 6.35. The molecular weight excluding hydrogens is 505 g/mol. The van der Waals surface area contributed by atoms with Crippen molar-refractivity contribution in [3.63, 3.8) is 0 Å². The summed E-state index contributed by atoms with van der Waals surface area (Å²) in [6.45, 7) is 6.57. The van der Waals surface area contributed by atoms with E-state index >= 15 is 0 Å². The zero-order valence-electron chi connectivity index (χ0n) is 19.9. The monoisotopic (exact) mass is 535 g/mol. The van der Waals surface area contributed by atoms with E-state index in [4.69, 9.17) is 39.9 Å². The first-order chi connectivity index (χ1) is 16.8. The summed E-state index contributed by atoms with van der Waals surface area (Å²) in [5.41, 5.74) is 4.36. The lowest BCUT2D eigenvalue weighted by Gasteiger charge is -2.40. The molecule has 0 aliphatic carbocycles. The minimum absolute atomic E-state index is 0.0290. The van der Waals surface area contributed by atoms with Crippen LogP contribution in [0, 0.1) is 0 Å². The van der Waals surface area contributed by atoms with Crippen molar-refractivity contribution in [1.82, 2.24) is 9.80 Å². The molecule has 2 aromatic carbocycles. The van der Waals surface area contributed by atoms with Crippen molar-refractivity contribution in [3.8, 4) is 0 Å². The molecule has 0 radical (unpaired) electrons. The van der Waals surface area contributed by atoms with Gasteiger partial charge in [0.25, 0.3) is 0 Å². The predicted octanol–water partition coefficient (Wildman–Crippen LogP) is 6.85. The number of piperidine rings is 1. The fraction of sp³-hybridized carbons (Fsp3) is 0.444. The predicted molar refractivity (Wildman–Crippen MR) is 146 cm³/mol. The summed E-state index contributed by atoms with van der Waals surface area (Å²) in [4.78, 5) is 15.8. The summed E-state index contributed by atoms with van der Waals surface area (Å²) >= 11 is 19.0. The highest BCUT2D eigenvalue weighted by Crippen LogP contribution is 2.34. The summed E-state index contributed by atoms with van der Waals surface area (Å²) in [7, 11) is 0. The van der Waals surface area contributed by atoms with Crippen LogP contribution in [0.2, 0.25) is 15.1 Å². The number of benzene rings is 2. The molecule has 2 N–H and O–H groups in total. The Morgan fingerprint density at radius 2 is 1.97 bits per heavy atom. The minimum atomic E-state index is -0.722. The van der Waals surface area contributed by atoms with E-state index in [0.717, 1.165) is 50.3 Å². The van der Waals surface area contributed by atoms with Gasteiger partial charge < -0.3 is 15.3 Å². The second-order valence-electron chi connectivity index (χ2n) is 9.44. The van der Waals surface area contributed by atoms with Crippen molar-refractivity contribution in [2.75, 3.05) is 38.0 Å². The SMILES string of the molecule is C[C@@H](Nc1cc(C2=CCN([C@H]3CCCN(CCC(=O)O)C3)CC2)ccc1Cl)c1ccc(Cl)cc1Cl. The Morgan fingerprint density at radius 3 is 2.69 bits per heavy atom. The Bertz CT molecular complexity index is 1090. The molecule has 4 rings (SSSR count). The molecular formula is C27H32Cl3N3O2. The summed E-state index contributed by atoms with van der Waals surface area (Å²) in [5, 5.41) is 14.4. The first-order valence-electron chi connectivity index (χ1n) is 12.2. The smallest absolute Gasteiger partial charge is 0.304 e. The number of likely N-dealkylation sites (tertiary alicyclic amines) is 1. The average Bonchev–Trinajstić information content (AvgIpc) is 2.84. The van der Waals surface area contributed by atoms with Gasteiger partial charge in [-0.25, -0.2) is 0 Å². The zero-order chi connectivity index (χ0) is 24.9. The fourth-order valence-corrected chi connectivity index (χ4v) is 5.81. The molecule has 0 bridgehead atoms. The van der Waals surface area contributed by atoms with Crippen LogP contribution >= 0.6 is 34.8 Å². The molecule has 188 valence electrons. The number of nitrogens with one attached hydrogen (secondary N) is 1. The highest BCUT2D eigenvalue weighted by atomic mass is 35.5. The number of rotatable bonds is 8. The Hall–Kier alpha value is -1.76. The third kappa shape index (κ3) is 6.93. The van der Waals surface area contributed by atoms with Gasteiger partial charge in [-0.2, -0.15) is 0 Å². The lowest BCUT2D eigenvalue weighted by molar-refractivity contribution is -0.137. The molecule has 0 unspecified atom stereocenters. The van der Waals surface area contributed by atoms with Gasteiger partial charge in [0.05, 0.1) is 23.2 Å². The van der Waals surface area contributed by atoms with Gasteiger partial charge in [-0.3, -0.25) is 9.69 Å². The van der Waals surface area contributed by atoms with E-state index in [1.54, 1.807) is 6.07 Å². The minimum Gasteiger partial charge on any atom is -0.481 e. The lowest BCUT2D eigenvalue weighted by Crippen LogP contribution is -2.49. The Labute approximate surface area is 222 Å². The maximum absolute atomic E-state index is 10.9. The van der Waals surface area contributed by atoms with E-state index in [-0.39, 0.29) is 12.5 Å². The molecule has 1 saturated heterocycles. The third-order valence-electron chi connectivity index (χ3n) is 7.02. The lowest BCUT2D eigenvalue weighted by atomic mass is 9.96. The van der Waals surface area contributed by atoms with Crippen LogP contribution in [0.4, 0.5) is 5.69 Å². The number of hydrogen-bond donors (Lipinski definition) is 2. The number of aliphatic carboxylic acids is 1. The molecule has 0 saturated carbocycles. The van der Waals surface area contributed by atoms with Crippen molar-refractivity contribution in [3.05, 3.63) is 68.7 Å². The Morgan fingerprint density at radius 1 is 1.14 bits per heavy atom. The normalized spacial score (nSPS) is 20.3. The summed E-state index contributed by atoms with van der Waals surface area (Å²) in [6.07, 6.45) is 5.82. The number of anilines is 1.